The molecule has 27 heavy (non-hydrogen) atoms. The van der Waals surface area contributed by atoms with Gasteiger partial charge in [0.05, 0.1) is 6.54 Å². The molecule has 0 aromatic heterocycles. The van der Waals surface area contributed by atoms with Crippen LogP contribution in [0.3, 0.4) is 0 Å². The summed E-state index contributed by atoms with van der Waals surface area (Å²) in [5.41, 5.74) is 2.88. The first kappa shape index (κ1) is 20.8. The first-order valence-corrected chi connectivity index (χ1v) is 9.36. The van der Waals surface area contributed by atoms with Crippen molar-refractivity contribution in [2.24, 2.45) is 0 Å². The number of aryl methyl sites for hydroxylation is 1. The molecule has 2 rings (SSSR count). The molecule has 0 unspecified atom stereocenters. The third-order valence-electron chi connectivity index (χ3n) is 4.09. The van der Waals surface area contributed by atoms with Gasteiger partial charge in [0, 0.05) is 15.7 Å². The van der Waals surface area contributed by atoms with Gasteiger partial charge in [0.1, 0.15) is 0 Å². The summed E-state index contributed by atoms with van der Waals surface area (Å²) in [6.07, 6.45) is 0. The van der Waals surface area contributed by atoms with Gasteiger partial charge in [-0.15, -0.1) is 0 Å². The van der Waals surface area contributed by atoms with Crippen molar-refractivity contribution in [2.75, 3.05) is 11.9 Å². The number of rotatable bonds is 5. The summed E-state index contributed by atoms with van der Waals surface area (Å²) >= 11 is 3.36. The van der Waals surface area contributed by atoms with Crippen LogP contribution in [0.25, 0.3) is 0 Å². The molecular weight excluding hydrogens is 408 g/mol. The summed E-state index contributed by atoms with van der Waals surface area (Å²) in [7, 11) is 0. The number of hydrogen-bond acceptors (Lipinski definition) is 3. The van der Waals surface area contributed by atoms with Gasteiger partial charge in [-0.2, -0.15) is 0 Å². The maximum atomic E-state index is 12.2. The zero-order chi connectivity index (χ0) is 20.2. The molecule has 0 aliphatic rings. The first-order valence-electron chi connectivity index (χ1n) is 8.57. The highest BCUT2D eigenvalue weighted by atomic mass is 79.9. The van der Waals surface area contributed by atoms with Gasteiger partial charge in [-0.25, -0.2) is 0 Å². The maximum Gasteiger partial charge on any atom is 0.292 e. The monoisotopic (exact) mass is 430 g/mol. The quantitative estimate of drug-likeness (QED) is 0.555. The predicted molar refractivity (Wildman–Crippen MR) is 110 cm³/mol. The number of carbonyl (C=O) groups excluding carboxylic acids is 3. The molecule has 2 aromatic carbocycles. The van der Waals surface area contributed by atoms with E-state index in [1.165, 1.54) is 0 Å². The van der Waals surface area contributed by atoms with Crippen LogP contribution in [0, 0.1) is 6.92 Å². The number of halogens is 1. The lowest BCUT2D eigenvalue weighted by atomic mass is 9.86. The van der Waals surface area contributed by atoms with Crippen LogP contribution in [0.15, 0.2) is 46.9 Å². The molecule has 0 atom stereocenters. The summed E-state index contributed by atoms with van der Waals surface area (Å²) < 4.78 is 0.911. The Morgan fingerprint density at radius 3 is 2.19 bits per heavy atom. The van der Waals surface area contributed by atoms with E-state index in [9.17, 15) is 14.4 Å². The summed E-state index contributed by atoms with van der Waals surface area (Å²) in [4.78, 5) is 36.3. The normalized spacial score (nSPS) is 11.0. The van der Waals surface area contributed by atoms with Gasteiger partial charge in [0.25, 0.3) is 5.91 Å². The molecule has 0 spiro atoms. The fourth-order valence-corrected chi connectivity index (χ4v) is 2.93. The van der Waals surface area contributed by atoms with Gasteiger partial charge < -0.3 is 10.6 Å². The molecule has 2 aromatic rings. The number of benzene rings is 2. The Hall–Kier alpha value is -2.47. The fraction of sp³-hybridized carbons (Fsp3) is 0.286. The smallest absolute Gasteiger partial charge is 0.292 e. The lowest BCUT2D eigenvalue weighted by molar-refractivity contribution is -0.121. The second-order valence-corrected chi connectivity index (χ2v) is 8.26. The van der Waals surface area contributed by atoms with Crippen molar-refractivity contribution in [2.45, 2.75) is 33.1 Å². The highest BCUT2D eigenvalue weighted by molar-refractivity contribution is 9.10. The second-order valence-electron chi connectivity index (χ2n) is 7.35. The molecule has 0 aliphatic carbocycles. The van der Waals surface area contributed by atoms with E-state index in [2.05, 4.69) is 47.3 Å². The number of anilines is 1. The van der Waals surface area contributed by atoms with Crippen molar-refractivity contribution in [3.8, 4) is 0 Å². The van der Waals surface area contributed by atoms with Crippen LogP contribution in [0.4, 0.5) is 5.69 Å². The number of hydrogen-bond donors (Lipinski definition) is 2. The third kappa shape index (κ3) is 5.76. The van der Waals surface area contributed by atoms with Crippen LogP contribution in [0.2, 0.25) is 0 Å². The maximum absolute atomic E-state index is 12.2. The molecule has 0 fully saturated rings. The van der Waals surface area contributed by atoms with Crippen LogP contribution in [0.5, 0.6) is 0 Å². The van der Waals surface area contributed by atoms with Gasteiger partial charge >= 0.3 is 0 Å². The van der Waals surface area contributed by atoms with E-state index < -0.39 is 17.6 Å². The van der Waals surface area contributed by atoms with Crippen LogP contribution in [-0.4, -0.2) is 24.1 Å². The number of ketones is 1. The van der Waals surface area contributed by atoms with E-state index in [4.69, 9.17) is 0 Å². The van der Waals surface area contributed by atoms with Gasteiger partial charge in [-0.3, -0.25) is 14.4 Å². The van der Waals surface area contributed by atoms with E-state index in [0.717, 1.165) is 15.6 Å². The minimum absolute atomic E-state index is 0.0346. The number of nitrogens with one attached hydrogen (secondary N) is 2. The van der Waals surface area contributed by atoms with E-state index in [1.54, 1.807) is 18.2 Å². The van der Waals surface area contributed by atoms with Gasteiger partial charge in [0.15, 0.2) is 0 Å². The van der Waals surface area contributed by atoms with Crippen molar-refractivity contribution >= 4 is 39.2 Å². The lowest BCUT2D eigenvalue weighted by Crippen LogP contribution is -2.37. The Morgan fingerprint density at radius 1 is 1.00 bits per heavy atom. The van der Waals surface area contributed by atoms with E-state index in [1.807, 2.05) is 31.2 Å². The summed E-state index contributed by atoms with van der Waals surface area (Å²) in [6.45, 7) is 7.80. The highest BCUT2D eigenvalue weighted by Crippen LogP contribution is 2.22. The minimum atomic E-state index is -0.804. The molecule has 2 amide bonds. The molecule has 0 heterocycles. The van der Waals surface area contributed by atoms with E-state index >= 15 is 0 Å². The molecule has 0 saturated carbocycles. The summed E-state index contributed by atoms with van der Waals surface area (Å²) in [6, 6.07) is 12.4. The third-order valence-corrected chi connectivity index (χ3v) is 4.58. The Labute approximate surface area is 167 Å². The van der Waals surface area contributed by atoms with Crippen LogP contribution in [-0.2, 0) is 15.0 Å². The Kier molecular flexibility index (Phi) is 6.54. The number of amides is 2. The average molecular weight is 431 g/mol. The number of carbonyl (C=O) groups is 3. The van der Waals surface area contributed by atoms with Gasteiger partial charge in [-0.1, -0.05) is 61.0 Å². The first-order chi connectivity index (χ1) is 12.6. The van der Waals surface area contributed by atoms with Crippen molar-refractivity contribution < 1.29 is 14.4 Å². The van der Waals surface area contributed by atoms with Gasteiger partial charge in [-0.05, 0) is 41.7 Å². The number of Topliss-reactive ketones (excluding diaryl/α,β-unsaturated/α-hetero) is 1. The molecule has 0 aliphatic heterocycles. The van der Waals surface area contributed by atoms with Crippen molar-refractivity contribution in [3.63, 3.8) is 0 Å². The SMILES string of the molecule is Cc1cc(Br)ccc1NC(=O)CNC(=O)C(=O)c1ccc(C(C)(C)C)cc1. The molecular formula is C21H23BrN2O3. The molecule has 142 valence electrons. The van der Waals surface area contributed by atoms with Gasteiger partial charge in [0.2, 0.25) is 11.7 Å². The topological polar surface area (TPSA) is 75.3 Å². The van der Waals surface area contributed by atoms with Crippen LogP contribution < -0.4 is 10.6 Å². The van der Waals surface area contributed by atoms with Crippen molar-refractivity contribution in [3.05, 3.63) is 63.6 Å². The molecule has 0 radical (unpaired) electrons. The molecule has 2 N–H and O–H groups in total. The molecule has 5 nitrogen and oxygen atoms in total. The fourth-order valence-electron chi connectivity index (χ4n) is 2.46. The zero-order valence-electron chi connectivity index (χ0n) is 15.9. The van der Waals surface area contributed by atoms with E-state index in [0.29, 0.717) is 11.3 Å². The van der Waals surface area contributed by atoms with Crippen LogP contribution >= 0.6 is 15.9 Å². The average Bonchev–Trinajstić information content (AvgIpc) is 2.61. The lowest BCUT2D eigenvalue weighted by Gasteiger charge is -2.18. The highest BCUT2D eigenvalue weighted by Gasteiger charge is 2.19. The summed E-state index contributed by atoms with van der Waals surface area (Å²) in [5, 5.41) is 5.08. The largest absolute Gasteiger partial charge is 0.340 e. The van der Waals surface area contributed by atoms with Crippen LogP contribution in [0.1, 0.15) is 42.3 Å². The zero-order valence-corrected chi connectivity index (χ0v) is 17.4. The standard InChI is InChI=1S/C21H23BrN2O3/c1-13-11-16(22)9-10-17(13)24-18(25)12-23-20(27)19(26)14-5-7-15(8-6-14)21(2,3)4/h5-11H,12H2,1-4H3,(H,23,27)(H,24,25). The van der Waals surface area contributed by atoms with Crippen molar-refractivity contribution in [1.29, 1.82) is 0 Å². The Bertz CT molecular complexity index is 868. The Balaban J connectivity index is 1.92. The second kappa shape index (κ2) is 8.48. The minimum Gasteiger partial charge on any atom is -0.340 e. The van der Waals surface area contributed by atoms with Crippen molar-refractivity contribution in [1.82, 2.24) is 5.32 Å². The Morgan fingerprint density at radius 2 is 1.63 bits per heavy atom. The molecule has 0 bridgehead atoms. The van der Waals surface area contributed by atoms with E-state index in [-0.39, 0.29) is 12.0 Å². The molecule has 6 heteroatoms. The molecule has 0 saturated heterocycles. The summed E-state index contributed by atoms with van der Waals surface area (Å²) in [5.74, 6) is -1.87. The predicted octanol–water partition coefficient (Wildman–Crippen LogP) is 3.99.